The Morgan fingerprint density at radius 1 is 1.46 bits per heavy atom. The fourth-order valence-electron chi connectivity index (χ4n) is 0.989. The van der Waals surface area contributed by atoms with Crippen molar-refractivity contribution in [1.29, 1.82) is 5.26 Å². The van der Waals surface area contributed by atoms with E-state index in [0.29, 0.717) is 16.5 Å². The van der Waals surface area contributed by atoms with Gasteiger partial charge in [0.2, 0.25) is 0 Å². The fourth-order valence-corrected chi connectivity index (χ4v) is 1.39. The van der Waals surface area contributed by atoms with Crippen LogP contribution in [-0.2, 0) is 6.42 Å². The second kappa shape index (κ2) is 4.48. The van der Waals surface area contributed by atoms with Crippen LogP contribution in [0.3, 0.4) is 0 Å². The molecule has 1 aromatic rings. The predicted octanol–water partition coefficient (Wildman–Crippen LogP) is 2.39. The van der Waals surface area contributed by atoms with Gasteiger partial charge < -0.3 is 5.73 Å². The third-order valence-corrected chi connectivity index (χ3v) is 2.50. The van der Waals surface area contributed by atoms with E-state index >= 15 is 0 Å². The predicted molar refractivity (Wildman–Crippen MR) is 53.8 cm³/mol. The zero-order valence-electron chi connectivity index (χ0n) is 6.80. The minimum Gasteiger partial charge on any atom is -0.316 e. The molecule has 0 spiro atoms. The zero-order chi connectivity index (χ0) is 9.84. The summed E-state index contributed by atoms with van der Waals surface area (Å²) in [5.74, 6) is 0. The molecular weight excluding hydrogens is 207 g/mol. The van der Waals surface area contributed by atoms with Crippen molar-refractivity contribution < 1.29 is 0 Å². The Morgan fingerprint density at radius 2 is 2.15 bits per heavy atom. The number of hydrogen-bond acceptors (Lipinski definition) is 2. The third-order valence-electron chi connectivity index (χ3n) is 1.64. The lowest BCUT2D eigenvalue weighted by molar-refractivity contribution is 0.823. The Labute approximate surface area is 86.9 Å². The van der Waals surface area contributed by atoms with Gasteiger partial charge in [-0.15, -0.1) is 0 Å². The summed E-state index contributed by atoms with van der Waals surface area (Å²) in [7, 11) is 0. The number of rotatable bonds is 2. The lowest BCUT2D eigenvalue weighted by Crippen LogP contribution is -2.20. The zero-order valence-corrected chi connectivity index (χ0v) is 8.31. The van der Waals surface area contributed by atoms with Gasteiger partial charge in [-0.05, 0) is 11.6 Å². The van der Waals surface area contributed by atoms with Gasteiger partial charge in [0.25, 0.3) is 0 Å². The van der Waals surface area contributed by atoms with Gasteiger partial charge in [0, 0.05) is 6.42 Å². The molecule has 0 aliphatic rings. The largest absolute Gasteiger partial charge is 0.316 e. The maximum atomic E-state index is 8.51. The summed E-state index contributed by atoms with van der Waals surface area (Å²) in [4.78, 5) is 0. The molecule has 13 heavy (non-hydrogen) atoms. The molecule has 0 radical (unpaired) electrons. The molecule has 0 bridgehead atoms. The first-order chi connectivity index (χ1) is 6.15. The maximum absolute atomic E-state index is 8.51. The molecule has 0 aromatic heterocycles. The molecule has 0 saturated carbocycles. The molecule has 1 aromatic carbocycles. The second-order valence-corrected chi connectivity index (χ2v) is 3.44. The van der Waals surface area contributed by atoms with Crippen LogP contribution in [0.25, 0.3) is 0 Å². The lowest BCUT2D eigenvalue weighted by atomic mass is 10.1. The first kappa shape index (κ1) is 10.3. The van der Waals surface area contributed by atoms with Crippen LogP contribution in [-0.4, -0.2) is 6.04 Å². The van der Waals surface area contributed by atoms with Crippen LogP contribution in [0, 0.1) is 11.3 Å². The molecule has 0 aliphatic carbocycles. The van der Waals surface area contributed by atoms with Gasteiger partial charge in [-0.25, -0.2) is 0 Å². The molecule has 0 fully saturated rings. The lowest BCUT2D eigenvalue weighted by Gasteiger charge is -2.06. The van der Waals surface area contributed by atoms with E-state index < -0.39 is 6.04 Å². The van der Waals surface area contributed by atoms with Crippen LogP contribution in [0.4, 0.5) is 0 Å². The van der Waals surface area contributed by atoms with Crippen molar-refractivity contribution in [2.75, 3.05) is 0 Å². The van der Waals surface area contributed by atoms with Gasteiger partial charge in [-0.2, -0.15) is 5.26 Å². The molecule has 1 unspecified atom stereocenters. The van der Waals surface area contributed by atoms with Crippen LogP contribution in [0.5, 0.6) is 0 Å². The van der Waals surface area contributed by atoms with Crippen molar-refractivity contribution in [3.05, 3.63) is 33.8 Å². The smallest absolute Gasteiger partial charge is 0.0969 e. The minimum absolute atomic E-state index is 0.426. The van der Waals surface area contributed by atoms with Crippen molar-refractivity contribution in [3.63, 3.8) is 0 Å². The van der Waals surface area contributed by atoms with Crippen molar-refractivity contribution >= 4 is 23.2 Å². The summed E-state index contributed by atoms with van der Waals surface area (Å²) in [5.41, 5.74) is 6.27. The average Bonchev–Trinajstić information content (AvgIpc) is 2.13. The number of benzene rings is 1. The van der Waals surface area contributed by atoms with Crippen molar-refractivity contribution in [3.8, 4) is 6.07 Å². The van der Waals surface area contributed by atoms with Gasteiger partial charge in [0.1, 0.15) is 0 Å². The Balaban J connectivity index is 2.90. The first-order valence-electron chi connectivity index (χ1n) is 3.73. The highest BCUT2D eigenvalue weighted by Gasteiger charge is 2.07. The Morgan fingerprint density at radius 3 is 2.77 bits per heavy atom. The van der Waals surface area contributed by atoms with Crippen LogP contribution in [0.15, 0.2) is 18.2 Å². The Kier molecular flexibility index (Phi) is 3.56. The first-order valence-corrected chi connectivity index (χ1v) is 4.49. The highest BCUT2D eigenvalue weighted by Crippen LogP contribution is 2.25. The molecule has 1 rings (SSSR count). The van der Waals surface area contributed by atoms with Gasteiger partial charge in [-0.3, -0.25) is 0 Å². The molecule has 2 N–H and O–H groups in total. The minimum atomic E-state index is -0.532. The number of halogens is 2. The summed E-state index contributed by atoms with van der Waals surface area (Å²) in [5, 5.41) is 9.48. The molecule has 0 saturated heterocycles. The van der Waals surface area contributed by atoms with Gasteiger partial charge in [0.15, 0.2) is 0 Å². The van der Waals surface area contributed by atoms with E-state index in [-0.39, 0.29) is 0 Å². The molecule has 68 valence electrons. The highest BCUT2D eigenvalue weighted by molar-refractivity contribution is 6.42. The quantitative estimate of drug-likeness (QED) is 0.823. The Hall–Kier alpha value is -0.750. The summed E-state index contributed by atoms with van der Waals surface area (Å²) in [6.07, 6.45) is 0.426. The molecule has 0 heterocycles. The van der Waals surface area contributed by atoms with Crippen molar-refractivity contribution in [1.82, 2.24) is 0 Å². The van der Waals surface area contributed by atoms with Gasteiger partial charge in [-0.1, -0.05) is 35.3 Å². The summed E-state index contributed by atoms with van der Waals surface area (Å²) in [6, 6.07) is 6.70. The summed E-state index contributed by atoms with van der Waals surface area (Å²) < 4.78 is 0. The SMILES string of the molecule is N#CC(N)Cc1cccc(Cl)c1Cl. The third kappa shape index (κ3) is 2.60. The molecular formula is C9H8Cl2N2. The average molecular weight is 215 g/mol. The van der Waals surface area contributed by atoms with Gasteiger partial charge in [0.05, 0.1) is 22.2 Å². The number of nitrogens with two attached hydrogens (primary N) is 1. The van der Waals surface area contributed by atoms with Crippen LogP contribution in [0.1, 0.15) is 5.56 Å². The molecule has 0 aliphatic heterocycles. The topological polar surface area (TPSA) is 49.8 Å². The normalized spacial score (nSPS) is 12.2. The highest BCUT2D eigenvalue weighted by atomic mass is 35.5. The fraction of sp³-hybridized carbons (Fsp3) is 0.222. The van der Waals surface area contributed by atoms with Crippen molar-refractivity contribution in [2.45, 2.75) is 12.5 Å². The number of hydrogen-bond donors (Lipinski definition) is 1. The second-order valence-electron chi connectivity index (χ2n) is 2.65. The monoisotopic (exact) mass is 214 g/mol. The number of nitrogens with zero attached hydrogens (tertiary/aromatic N) is 1. The van der Waals surface area contributed by atoms with E-state index in [0.717, 1.165) is 5.56 Å². The molecule has 4 heteroatoms. The standard InChI is InChI=1S/C9H8Cl2N2/c10-8-3-1-2-6(9(8)11)4-7(13)5-12/h1-3,7H,4,13H2. The van der Waals surface area contributed by atoms with E-state index in [1.807, 2.05) is 12.1 Å². The van der Waals surface area contributed by atoms with Crippen LogP contribution >= 0.6 is 23.2 Å². The maximum Gasteiger partial charge on any atom is 0.0969 e. The van der Waals surface area contributed by atoms with Crippen molar-refractivity contribution in [2.24, 2.45) is 5.73 Å². The van der Waals surface area contributed by atoms with Crippen LogP contribution < -0.4 is 5.73 Å². The van der Waals surface area contributed by atoms with E-state index in [1.54, 1.807) is 12.1 Å². The van der Waals surface area contributed by atoms with E-state index in [2.05, 4.69) is 0 Å². The molecule has 2 nitrogen and oxygen atoms in total. The molecule has 1 atom stereocenters. The summed E-state index contributed by atoms with van der Waals surface area (Å²) in [6.45, 7) is 0. The van der Waals surface area contributed by atoms with E-state index in [4.69, 9.17) is 34.2 Å². The Bertz CT molecular complexity index is 344. The van der Waals surface area contributed by atoms with Crippen LogP contribution in [0.2, 0.25) is 10.0 Å². The van der Waals surface area contributed by atoms with E-state index in [9.17, 15) is 0 Å². The van der Waals surface area contributed by atoms with E-state index in [1.165, 1.54) is 0 Å². The summed E-state index contributed by atoms with van der Waals surface area (Å²) >= 11 is 11.7. The number of nitriles is 1. The van der Waals surface area contributed by atoms with Gasteiger partial charge >= 0.3 is 0 Å². The molecule has 0 amide bonds.